The molecule has 0 saturated carbocycles. The molecule has 158 valence electrons. The second-order valence-corrected chi connectivity index (χ2v) is 14.5. The molecule has 1 aromatic carbocycles. The fourth-order valence-corrected chi connectivity index (χ4v) is 10.7. The van der Waals surface area contributed by atoms with Crippen LogP contribution in [0.4, 0.5) is 0 Å². The maximum absolute atomic E-state index is 13.3. The third kappa shape index (κ3) is 3.86. The fraction of sp³-hybridized carbons (Fsp3) is 0.522. The van der Waals surface area contributed by atoms with Gasteiger partial charge < -0.3 is 0 Å². The van der Waals surface area contributed by atoms with Crippen LogP contribution in [0.2, 0.25) is 5.15 Å². The third-order valence-electron chi connectivity index (χ3n) is 6.27. The first kappa shape index (κ1) is 21.2. The van der Waals surface area contributed by atoms with E-state index in [2.05, 4.69) is 22.6 Å². The van der Waals surface area contributed by atoms with Crippen molar-refractivity contribution in [1.82, 2.24) is 9.47 Å². The number of nitrogens with zero attached hydrogens (tertiary/aromatic N) is 2. The summed E-state index contributed by atoms with van der Waals surface area (Å²) in [5.74, 6) is 0.879. The van der Waals surface area contributed by atoms with Gasteiger partial charge in [0, 0.05) is 0 Å². The molecule has 1 aromatic heterocycles. The molecule has 2 aliphatic rings. The van der Waals surface area contributed by atoms with Crippen molar-refractivity contribution in [2.45, 2.75) is 51.8 Å². The zero-order valence-electron chi connectivity index (χ0n) is 17.7. The Morgan fingerprint density at radius 3 is 2.55 bits per heavy atom. The number of hydrogen-bond donors (Lipinski definition) is 0. The van der Waals surface area contributed by atoms with Crippen LogP contribution in [0, 0.1) is 6.92 Å². The summed E-state index contributed by atoms with van der Waals surface area (Å²) in [5.41, 5.74) is 3.31. The summed E-state index contributed by atoms with van der Waals surface area (Å²) < 4.78 is 10.7. The summed E-state index contributed by atoms with van der Waals surface area (Å²) in [6.45, 7) is 8.04. The van der Waals surface area contributed by atoms with E-state index in [0.29, 0.717) is 3.79 Å². The van der Waals surface area contributed by atoms with Crippen LogP contribution in [0.15, 0.2) is 30.3 Å². The Morgan fingerprint density at radius 2 is 1.90 bits per heavy atom. The standard InChI is InChI=1S/C23H30ClIN2O2/c1-16(2)29-19-6-5-18(15-17(19)3)22(28)25-11-9-23(10-12-25)20-7-8-21(24)27(20)14-13-26(23)4/h5-8,15-16H,9-14H2,1-4H3. The van der Waals surface area contributed by atoms with Crippen molar-refractivity contribution in [1.29, 1.82) is 0 Å². The number of alkyl halides is 2. The SMILES string of the molecule is Cc1cc(C(=O)I2CCC3(CC2)c2ccc(Cl)n2CCN3C)ccc1OC(C)C. The average molecular weight is 529 g/mol. The molecule has 3 heterocycles. The summed E-state index contributed by atoms with van der Waals surface area (Å²) in [4.78, 5) is 15.8. The third-order valence-corrected chi connectivity index (χ3v) is 12.3. The number of hydrogen-bond acceptors (Lipinski definition) is 3. The van der Waals surface area contributed by atoms with Gasteiger partial charge in [-0.15, -0.1) is 0 Å². The van der Waals surface area contributed by atoms with Crippen LogP contribution in [-0.4, -0.2) is 41.8 Å². The summed E-state index contributed by atoms with van der Waals surface area (Å²) in [7, 11) is 2.23. The molecule has 2 aliphatic heterocycles. The number of benzene rings is 1. The first-order valence-corrected chi connectivity index (χ1v) is 14.8. The van der Waals surface area contributed by atoms with Crippen LogP contribution in [0.25, 0.3) is 0 Å². The minimum atomic E-state index is -1.69. The second-order valence-electron chi connectivity index (χ2n) is 8.40. The maximum atomic E-state index is 13.3. The quantitative estimate of drug-likeness (QED) is 0.298. The van der Waals surface area contributed by atoms with E-state index in [1.54, 1.807) is 0 Å². The van der Waals surface area contributed by atoms with Gasteiger partial charge in [0.25, 0.3) is 0 Å². The number of carbonyl (C=O) groups is 1. The van der Waals surface area contributed by atoms with Gasteiger partial charge >= 0.3 is 187 Å². The number of carbonyl (C=O) groups excluding carboxylic acids is 1. The molecule has 1 saturated heterocycles. The average Bonchev–Trinajstić information content (AvgIpc) is 3.08. The van der Waals surface area contributed by atoms with E-state index >= 15 is 0 Å². The number of likely N-dealkylation sites (N-methyl/N-ethyl adjacent to an activating group) is 1. The molecule has 0 aliphatic carbocycles. The van der Waals surface area contributed by atoms with Gasteiger partial charge in [0.15, 0.2) is 0 Å². The summed E-state index contributed by atoms with van der Waals surface area (Å²) in [6, 6.07) is 10.2. The first-order valence-electron chi connectivity index (χ1n) is 10.3. The van der Waals surface area contributed by atoms with Crippen molar-refractivity contribution in [3.63, 3.8) is 0 Å². The molecule has 4 rings (SSSR count). The summed E-state index contributed by atoms with van der Waals surface area (Å²) in [6.07, 6.45) is 2.27. The van der Waals surface area contributed by atoms with Gasteiger partial charge in [0.05, 0.1) is 0 Å². The molecule has 0 bridgehead atoms. The molecule has 0 radical (unpaired) electrons. The van der Waals surface area contributed by atoms with E-state index < -0.39 is 19.8 Å². The number of halogens is 2. The Morgan fingerprint density at radius 1 is 1.17 bits per heavy atom. The van der Waals surface area contributed by atoms with E-state index in [0.717, 1.165) is 56.8 Å². The van der Waals surface area contributed by atoms with Gasteiger partial charge in [-0.2, -0.15) is 0 Å². The monoisotopic (exact) mass is 528 g/mol. The van der Waals surface area contributed by atoms with Crippen molar-refractivity contribution < 1.29 is 9.53 Å². The Hall–Kier alpha value is -1.05. The number of rotatable bonds is 4. The van der Waals surface area contributed by atoms with Gasteiger partial charge in [-0.3, -0.25) is 0 Å². The van der Waals surface area contributed by atoms with Crippen molar-refractivity contribution in [3.8, 4) is 5.75 Å². The van der Waals surface area contributed by atoms with Crippen LogP contribution in [0.5, 0.6) is 5.75 Å². The van der Waals surface area contributed by atoms with E-state index in [-0.39, 0.29) is 11.6 Å². The predicted octanol–water partition coefficient (Wildman–Crippen LogP) is 5.52. The molecule has 0 atom stereocenters. The van der Waals surface area contributed by atoms with E-state index in [1.807, 2.05) is 45.0 Å². The summed E-state index contributed by atoms with van der Waals surface area (Å²) >= 11 is 4.72. The normalized spacial score (nSPS) is 20.1. The molecular formula is C23H30ClIN2O2. The Bertz CT molecular complexity index is 916. The molecular weight excluding hydrogens is 499 g/mol. The van der Waals surface area contributed by atoms with Gasteiger partial charge in [-0.25, -0.2) is 0 Å². The minimum absolute atomic E-state index is 0.0462. The van der Waals surface area contributed by atoms with Gasteiger partial charge in [-0.05, 0) is 0 Å². The van der Waals surface area contributed by atoms with Crippen molar-refractivity contribution in [2.75, 3.05) is 22.4 Å². The second kappa shape index (κ2) is 8.23. The predicted molar refractivity (Wildman–Crippen MR) is 128 cm³/mol. The molecule has 0 amide bonds. The zero-order valence-corrected chi connectivity index (χ0v) is 20.6. The Balaban J connectivity index is 1.50. The van der Waals surface area contributed by atoms with Crippen LogP contribution >= 0.6 is 31.4 Å². The zero-order chi connectivity index (χ0) is 20.8. The van der Waals surface area contributed by atoms with Crippen LogP contribution in [-0.2, 0) is 12.1 Å². The topological polar surface area (TPSA) is 34.5 Å². The molecule has 4 nitrogen and oxygen atoms in total. The molecule has 0 unspecified atom stereocenters. The van der Waals surface area contributed by atoms with Crippen molar-refractivity contribution in [3.05, 3.63) is 52.3 Å². The summed E-state index contributed by atoms with van der Waals surface area (Å²) in [5, 5.41) is 0.837. The van der Waals surface area contributed by atoms with Gasteiger partial charge in [0.1, 0.15) is 0 Å². The van der Waals surface area contributed by atoms with E-state index in [1.165, 1.54) is 5.69 Å². The number of aryl methyl sites for hydroxylation is 1. The molecule has 1 spiro atoms. The van der Waals surface area contributed by atoms with E-state index in [9.17, 15) is 4.79 Å². The first-order chi connectivity index (χ1) is 13.8. The molecule has 6 heteroatoms. The van der Waals surface area contributed by atoms with E-state index in [4.69, 9.17) is 16.3 Å². The number of ether oxygens (including phenoxy) is 1. The van der Waals surface area contributed by atoms with Crippen LogP contribution in [0.3, 0.4) is 0 Å². The number of aromatic nitrogens is 1. The van der Waals surface area contributed by atoms with Crippen LogP contribution in [0.1, 0.15) is 48.3 Å². The fourth-order valence-electron chi connectivity index (χ4n) is 4.62. The van der Waals surface area contributed by atoms with Crippen LogP contribution < -0.4 is 4.74 Å². The molecule has 29 heavy (non-hydrogen) atoms. The molecule has 0 N–H and O–H groups in total. The molecule has 2 aromatic rings. The van der Waals surface area contributed by atoms with Gasteiger partial charge in [0.2, 0.25) is 0 Å². The van der Waals surface area contributed by atoms with Crippen molar-refractivity contribution >= 4 is 35.2 Å². The Kier molecular flexibility index (Phi) is 6.02. The number of fused-ring (bicyclic) bond motifs is 2. The molecule has 1 fully saturated rings. The Labute approximate surface area is 185 Å². The van der Waals surface area contributed by atoms with Crippen molar-refractivity contribution in [2.24, 2.45) is 0 Å². The van der Waals surface area contributed by atoms with Gasteiger partial charge in [-0.1, -0.05) is 0 Å².